The lowest BCUT2D eigenvalue weighted by molar-refractivity contribution is -0.117. The summed E-state index contributed by atoms with van der Waals surface area (Å²) in [5.74, 6) is -0.622. The van der Waals surface area contributed by atoms with Crippen molar-refractivity contribution in [2.75, 3.05) is 16.8 Å². The molecule has 0 atom stereocenters. The molecule has 2 amide bonds. The number of benzene rings is 2. The molecule has 26 heavy (non-hydrogen) atoms. The summed E-state index contributed by atoms with van der Waals surface area (Å²) in [5, 5.41) is 3.61. The molecule has 3 aromatic rings. The first-order valence-corrected chi connectivity index (χ1v) is 9.32. The van der Waals surface area contributed by atoms with Crippen molar-refractivity contribution >= 4 is 56.2 Å². The second-order valence-corrected chi connectivity index (χ2v) is 7.52. The van der Waals surface area contributed by atoms with E-state index in [1.54, 1.807) is 41.3 Å². The van der Waals surface area contributed by atoms with E-state index in [1.807, 2.05) is 0 Å². The van der Waals surface area contributed by atoms with E-state index in [1.165, 1.54) is 17.4 Å². The van der Waals surface area contributed by atoms with Gasteiger partial charge in [-0.25, -0.2) is 4.39 Å². The van der Waals surface area contributed by atoms with E-state index in [2.05, 4.69) is 5.32 Å². The summed E-state index contributed by atoms with van der Waals surface area (Å²) in [6, 6.07) is 11.4. The Balaban J connectivity index is 1.56. The van der Waals surface area contributed by atoms with Gasteiger partial charge in [0, 0.05) is 28.7 Å². The van der Waals surface area contributed by atoms with Crippen LogP contribution in [0.25, 0.3) is 10.1 Å². The Hall–Kier alpha value is -2.44. The maximum Gasteiger partial charge on any atom is 0.265 e. The van der Waals surface area contributed by atoms with Crippen LogP contribution in [0, 0.1) is 5.82 Å². The number of hydrogen-bond acceptors (Lipinski definition) is 3. The lowest BCUT2D eigenvalue weighted by Gasteiger charge is -2.18. The number of halogens is 2. The molecule has 1 aliphatic rings. The van der Waals surface area contributed by atoms with Crippen molar-refractivity contribution < 1.29 is 14.0 Å². The van der Waals surface area contributed by atoms with Crippen LogP contribution in [0.2, 0.25) is 5.02 Å². The minimum atomic E-state index is -0.347. The molecule has 132 valence electrons. The van der Waals surface area contributed by atoms with Crippen molar-refractivity contribution in [3.63, 3.8) is 0 Å². The Labute approximate surface area is 158 Å². The monoisotopic (exact) mass is 388 g/mol. The van der Waals surface area contributed by atoms with Crippen LogP contribution in [0.15, 0.2) is 42.5 Å². The molecule has 1 N–H and O–H groups in total. The highest BCUT2D eigenvalue weighted by atomic mass is 35.5. The van der Waals surface area contributed by atoms with Gasteiger partial charge in [0.05, 0.1) is 15.6 Å². The van der Waals surface area contributed by atoms with Gasteiger partial charge in [-0.1, -0.05) is 17.7 Å². The first-order valence-electron chi connectivity index (χ1n) is 8.12. The highest BCUT2D eigenvalue weighted by molar-refractivity contribution is 7.20. The van der Waals surface area contributed by atoms with Gasteiger partial charge in [-0.2, -0.15) is 0 Å². The van der Waals surface area contributed by atoms with Crippen LogP contribution < -0.4 is 10.2 Å². The lowest BCUT2D eigenvalue weighted by atomic mass is 10.2. The summed E-state index contributed by atoms with van der Waals surface area (Å²) in [5.41, 5.74) is 1.17. The molecule has 0 aliphatic carbocycles. The van der Waals surface area contributed by atoms with Crippen molar-refractivity contribution in [2.45, 2.75) is 12.8 Å². The molecule has 2 aromatic carbocycles. The number of rotatable bonds is 3. The van der Waals surface area contributed by atoms with Crippen LogP contribution in [0.4, 0.5) is 15.8 Å². The number of fused-ring (bicyclic) bond motifs is 1. The minimum absolute atomic E-state index is 0.0518. The Bertz CT molecular complexity index is 1030. The van der Waals surface area contributed by atoms with E-state index in [0.29, 0.717) is 39.6 Å². The fourth-order valence-corrected chi connectivity index (χ4v) is 4.29. The van der Waals surface area contributed by atoms with E-state index in [4.69, 9.17) is 11.6 Å². The summed E-state index contributed by atoms with van der Waals surface area (Å²) < 4.78 is 14.5. The first-order chi connectivity index (χ1) is 12.5. The molecule has 1 aliphatic heterocycles. The van der Waals surface area contributed by atoms with Gasteiger partial charge in [-0.15, -0.1) is 11.3 Å². The van der Waals surface area contributed by atoms with Crippen LogP contribution in [0.3, 0.4) is 0 Å². The smallest absolute Gasteiger partial charge is 0.265 e. The van der Waals surface area contributed by atoms with Gasteiger partial charge >= 0.3 is 0 Å². The number of amides is 2. The molecule has 1 aromatic heterocycles. The summed E-state index contributed by atoms with van der Waals surface area (Å²) in [7, 11) is 0. The summed E-state index contributed by atoms with van der Waals surface area (Å²) >= 11 is 7.53. The molecule has 2 heterocycles. The van der Waals surface area contributed by atoms with Gasteiger partial charge in [0.1, 0.15) is 5.82 Å². The average Bonchev–Trinajstić information content (AvgIpc) is 3.22. The average molecular weight is 389 g/mol. The quantitative estimate of drug-likeness (QED) is 0.680. The van der Waals surface area contributed by atoms with Gasteiger partial charge in [-0.3, -0.25) is 9.59 Å². The lowest BCUT2D eigenvalue weighted by Crippen LogP contribution is -2.24. The van der Waals surface area contributed by atoms with E-state index < -0.39 is 0 Å². The largest absolute Gasteiger partial charge is 0.321 e. The number of hydrogen-bond donors (Lipinski definition) is 1. The Kier molecular flexibility index (Phi) is 4.38. The van der Waals surface area contributed by atoms with E-state index >= 15 is 0 Å². The molecule has 4 rings (SSSR count). The van der Waals surface area contributed by atoms with Crippen LogP contribution in [-0.4, -0.2) is 18.4 Å². The van der Waals surface area contributed by atoms with Gasteiger partial charge < -0.3 is 10.2 Å². The van der Waals surface area contributed by atoms with Crippen LogP contribution in [0.5, 0.6) is 0 Å². The molecule has 0 unspecified atom stereocenters. The normalized spacial score (nSPS) is 14.2. The molecule has 0 spiro atoms. The topological polar surface area (TPSA) is 49.4 Å². The van der Waals surface area contributed by atoms with Crippen LogP contribution >= 0.6 is 22.9 Å². The maximum absolute atomic E-state index is 13.8. The molecule has 1 fully saturated rings. The number of thiophene rings is 1. The van der Waals surface area contributed by atoms with Gasteiger partial charge in [-0.05, 0) is 42.8 Å². The van der Waals surface area contributed by atoms with Crippen molar-refractivity contribution in [1.82, 2.24) is 0 Å². The van der Waals surface area contributed by atoms with Gasteiger partial charge in [0.25, 0.3) is 5.91 Å². The van der Waals surface area contributed by atoms with E-state index in [0.717, 1.165) is 11.1 Å². The number of nitrogens with zero attached hydrogens (tertiary/aromatic N) is 1. The maximum atomic E-state index is 13.8. The fourth-order valence-electron chi connectivity index (χ4n) is 3.04. The predicted molar refractivity (Wildman–Crippen MR) is 103 cm³/mol. The summed E-state index contributed by atoms with van der Waals surface area (Å²) in [4.78, 5) is 26.4. The zero-order chi connectivity index (χ0) is 18.3. The highest BCUT2D eigenvalue weighted by Crippen LogP contribution is 2.32. The number of anilines is 2. The molecule has 1 saturated heterocycles. The van der Waals surface area contributed by atoms with Crippen molar-refractivity contribution in [1.29, 1.82) is 0 Å². The molecular formula is C19H14ClFN2O2S. The standard InChI is InChI=1S/C19H14ClFN2O2S/c20-13-9-11(6-7-15(13)23-8-2-5-18(23)24)22-19(25)17-10-12-14(21)3-1-4-16(12)26-17/h1,3-4,6-7,9-10H,2,5,8H2,(H,22,25). The van der Waals surface area contributed by atoms with Gasteiger partial charge in [0.2, 0.25) is 5.91 Å². The van der Waals surface area contributed by atoms with Crippen LogP contribution in [-0.2, 0) is 4.79 Å². The molecular weight excluding hydrogens is 375 g/mol. The third-order valence-electron chi connectivity index (χ3n) is 4.30. The van der Waals surface area contributed by atoms with Crippen molar-refractivity contribution in [2.24, 2.45) is 0 Å². The predicted octanol–water partition coefficient (Wildman–Crippen LogP) is 5.07. The molecule has 7 heteroatoms. The zero-order valence-corrected chi connectivity index (χ0v) is 15.2. The van der Waals surface area contributed by atoms with Gasteiger partial charge in [0.15, 0.2) is 0 Å². The Morgan fingerprint density at radius 1 is 1.23 bits per heavy atom. The summed E-state index contributed by atoms with van der Waals surface area (Å²) in [6.07, 6.45) is 1.34. The molecule has 0 radical (unpaired) electrons. The van der Waals surface area contributed by atoms with E-state index in [9.17, 15) is 14.0 Å². The number of nitrogens with one attached hydrogen (secondary N) is 1. The SMILES string of the molecule is O=C(Nc1ccc(N2CCCC2=O)c(Cl)c1)c1cc2c(F)cccc2s1. The summed E-state index contributed by atoms with van der Waals surface area (Å²) in [6.45, 7) is 0.650. The van der Waals surface area contributed by atoms with E-state index in [-0.39, 0.29) is 17.6 Å². The Morgan fingerprint density at radius 2 is 2.08 bits per heavy atom. The third-order valence-corrected chi connectivity index (χ3v) is 5.70. The van der Waals surface area contributed by atoms with Crippen molar-refractivity contribution in [3.8, 4) is 0 Å². The third kappa shape index (κ3) is 3.06. The fraction of sp³-hybridized carbons (Fsp3) is 0.158. The first kappa shape index (κ1) is 17.0. The molecule has 4 nitrogen and oxygen atoms in total. The number of carbonyl (C=O) groups excluding carboxylic acids is 2. The second kappa shape index (κ2) is 6.70. The highest BCUT2D eigenvalue weighted by Gasteiger charge is 2.23. The molecule has 0 saturated carbocycles. The second-order valence-electron chi connectivity index (χ2n) is 6.03. The van der Waals surface area contributed by atoms with Crippen molar-refractivity contribution in [3.05, 3.63) is 58.2 Å². The molecule has 0 bridgehead atoms. The minimum Gasteiger partial charge on any atom is -0.321 e. The number of carbonyl (C=O) groups is 2. The van der Waals surface area contributed by atoms with Crippen LogP contribution in [0.1, 0.15) is 22.5 Å². The Morgan fingerprint density at radius 3 is 2.77 bits per heavy atom. The zero-order valence-electron chi connectivity index (χ0n) is 13.6.